The Morgan fingerprint density at radius 3 is 2.37 bits per heavy atom. The van der Waals surface area contributed by atoms with Crippen LogP contribution in [0.4, 0.5) is 5.82 Å². The van der Waals surface area contributed by atoms with Crippen LogP contribution in [0.2, 0.25) is 0 Å². The van der Waals surface area contributed by atoms with Crippen molar-refractivity contribution in [2.45, 2.75) is 32.9 Å². The van der Waals surface area contributed by atoms with Gasteiger partial charge in [0, 0.05) is 26.2 Å². The first-order valence-corrected chi connectivity index (χ1v) is 6.89. The van der Waals surface area contributed by atoms with Gasteiger partial charge in [-0.15, -0.1) is 0 Å². The first-order chi connectivity index (χ1) is 8.99. The molecule has 108 valence electrons. The minimum Gasteiger partial charge on any atom is -0.358 e. The molecule has 0 unspecified atom stereocenters. The number of hydrogen-bond donors (Lipinski definition) is 1. The maximum Gasteiger partial charge on any atom is 0.146 e. The normalized spacial score (nSPS) is 11.3. The first-order valence-electron chi connectivity index (χ1n) is 6.89. The Morgan fingerprint density at radius 2 is 1.84 bits per heavy atom. The largest absolute Gasteiger partial charge is 0.358 e. The lowest BCUT2D eigenvalue weighted by molar-refractivity contribution is 0.401. The highest BCUT2D eigenvalue weighted by atomic mass is 15.2. The monoisotopic (exact) mass is 265 g/mol. The second-order valence-corrected chi connectivity index (χ2v) is 5.48. The molecule has 5 nitrogen and oxygen atoms in total. The Kier molecular flexibility index (Phi) is 6.73. The van der Waals surface area contributed by atoms with Crippen LogP contribution in [-0.4, -0.2) is 55.1 Å². The number of nitrogens with one attached hydrogen (secondary N) is 1. The van der Waals surface area contributed by atoms with Gasteiger partial charge in [0.1, 0.15) is 5.82 Å². The van der Waals surface area contributed by atoms with E-state index in [2.05, 4.69) is 60.1 Å². The average Bonchev–Trinajstić information content (AvgIpc) is 2.36. The highest BCUT2D eigenvalue weighted by Crippen LogP contribution is 2.07. The average molecular weight is 265 g/mol. The van der Waals surface area contributed by atoms with E-state index >= 15 is 0 Å². The van der Waals surface area contributed by atoms with E-state index in [1.54, 1.807) is 0 Å². The van der Waals surface area contributed by atoms with Crippen molar-refractivity contribution in [3.63, 3.8) is 0 Å². The molecule has 1 rings (SSSR count). The Morgan fingerprint density at radius 1 is 1.11 bits per heavy atom. The zero-order valence-corrected chi connectivity index (χ0v) is 12.8. The molecule has 0 amide bonds. The lowest BCUT2D eigenvalue weighted by atomic mass is 10.3. The van der Waals surface area contributed by atoms with Crippen molar-refractivity contribution >= 4 is 5.82 Å². The van der Waals surface area contributed by atoms with Crippen molar-refractivity contribution in [2.75, 3.05) is 39.1 Å². The van der Waals surface area contributed by atoms with Crippen LogP contribution in [0.5, 0.6) is 0 Å². The maximum atomic E-state index is 4.46. The van der Waals surface area contributed by atoms with Crippen molar-refractivity contribution in [2.24, 2.45) is 0 Å². The number of hydrogen-bond acceptors (Lipinski definition) is 5. The molecule has 1 aromatic heterocycles. The van der Waals surface area contributed by atoms with Gasteiger partial charge < -0.3 is 15.1 Å². The van der Waals surface area contributed by atoms with Gasteiger partial charge in [-0.3, -0.25) is 4.98 Å². The quantitative estimate of drug-likeness (QED) is 0.769. The number of aromatic nitrogens is 2. The van der Waals surface area contributed by atoms with Gasteiger partial charge >= 0.3 is 0 Å². The van der Waals surface area contributed by atoms with Crippen LogP contribution in [0.1, 0.15) is 26.0 Å². The van der Waals surface area contributed by atoms with E-state index in [1.165, 1.54) is 0 Å². The molecular weight excluding hydrogens is 238 g/mol. The van der Waals surface area contributed by atoms with Gasteiger partial charge in [-0.25, -0.2) is 4.98 Å². The van der Waals surface area contributed by atoms with Gasteiger partial charge in [0.15, 0.2) is 0 Å². The van der Waals surface area contributed by atoms with E-state index in [1.807, 2.05) is 12.4 Å². The molecule has 1 heterocycles. The predicted molar refractivity (Wildman–Crippen MR) is 80.4 cm³/mol. The van der Waals surface area contributed by atoms with Crippen molar-refractivity contribution in [3.8, 4) is 0 Å². The Hall–Kier alpha value is -1.20. The van der Waals surface area contributed by atoms with E-state index in [0.29, 0.717) is 6.04 Å². The standard InChI is InChI=1S/C14H27N5/c1-12(2)15-9-13-10-17-14(11-16-13)19(5)8-6-7-18(3)4/h10-12,15H,6-9H2,1-5H3. The van der Waals surface area contributed by atoms with Crippen LogP contribution in [0.25, 0.3) is 0 Å². The Bertz CT molecular complexity index is 347. The van der Waals surface area contributed by atoms with Gasteiger partial charge in [-0.1, -0.05) is 13.8 Å². The van der Waals surface area contributed by atoms with Gasteiger partial charge in [-0.2, -0.15) is 0 Å². The minimum atomic E-state index is 0.468. The van der Waals surface area contributed by atoms with Gasteiger partial charge in [0.2, 0.25) is 0 Å². The summed E-state index contributed by atoms with van der Waals surface area (Å²) in [5.41, 5.74) is 0.985. The lowest BCUT2D eigenvalue weighted by Crippen LogP contribution is -2.25. The summed E-state index contributed by atoms with van der Waals surface area (Å²) in [4.78, 5) is 13.2. The third-order valence-electron chi connectivity index (χ3n) is 2.87. The Labute approximate surface area is 117 Å². The van der Waals surface area contributed by atoms with Crippen molar-refractivity contribution in [1.29, 1.82) is 0 Å². The summed E-state index contributed by atoms with van der Waals surface area (Å²) in [5, 5.41) is 3.34. The fourth-order valence-electron chi connectivity index (χ4n) is 1.68. The third kappa shape index (κ3) is 6.50. The van der Waals surface area contributed by atoms with Gasteiger partial charge in [-0.05, 0) is 27.1 Å². The van der Waals surface area contributed by atoms with E-state index in [4.69, 9.17) is 0 Å². The molecular formula is C14H27N5. The summed E-state index contributed by atoms with van der Waals surface area (Å²) < 4.78 is 0. The molecule has 19 heavy (non-hydrogen) atoms. The summed E-state index contributed by atoms with van der Waals surface area (Å²) in [5.74, 6) is 0.937. The molecule has 0 aromatic carbocycles. The first kappa shape index (κ1) is 15.9. The van der Waals surface area contributed by atoms with Crippen molar-refractivity contribution in [1.82, 2.24) is 20.2 Å². The summed E-state index contributed by atoms with van der Waals surface area (Å²) in [6.45, 7) is 7.11. The van der Waals surface area contributed by atoms with E-state index in [-0.39, 0.29) is 0 Å². The molecule has 0 aliphatic rings. The van der Waals surface area contributed by atoms with Crippen molar-refractivity contribution < 1.29 is 0 Å². The molecule has 0 radical (unpaired) electrons. The SMILES string of the molecule is CC(C)NCc1cnc(N(C)CCCN(C)C)cn1. The van der Waals surface area contributed by atoms with Crippen LogP contribution >= 0.6 is 0 Å². The Balaban J connectivity index is 2.41. The number of rotatable bonds is 8. The van der Waals surface area contributed by atoms with E-state index < -0.39 is 0 Å². The molecule has 0 aliphatic carbocycles. The van der Waals surface area contributed by atoms with Gasteiger partial charge in [0.25, 0.3) is 0 Å². The second-order valence-electron chi connectivity index (χ2n) is 5.48. The van der Waals surface area contributed by atoms with Crippen LogP contribution in [0, 0.1) is 0 Å². The smallest absolute Gasteiger partial charge is 0.146 e. The van der Waals surface area contributed by atoms with Crippen LogP contribution < -0.4 is 10.2 Å². The molecule has 0 aliphatic heterocycles. The number of anilines is 1. The molecule has 0 fully saturated rings. The molecule has 1 aromatic rings. The minimum absolute atomic E-state index is 0.468. The zero-order valence-electron chi connectivity index (χ0n) is 12.8. The van der Waals surface area contributed by atoms with Crippen LogP contribution in [0.3, 0.4) is 0 Å². The van der Waals surface area contributed by atoms with Crippen LogP contribution in [0.15, 0.2) is 12.4 Å². The highest BCUT2D eigenvalue weighted by Gasteiger charge is 2.04. The molecule has 0 atom stereocenters. The topological polar surface area (TPSA) is 44.3 Å². The molecule has 5 heteroatoms. The van der Waals surface area contributed by atoms with E-state index in [9.17, 15) is 0 Å². The summed E-state index contributed by atoms with van der Waals surface area (Å²) in [7, 11) is 6.25. The maximum absolute atomic E-state index is 4.46. The molecule has 0 spiro atoms. The van der Waals surface area contributed by atoms with E-state index in [0.717, 1.165) is 37.6 Å². The third-order valence-corrected chi connectivity index (χ3v) is 2.87. The fraction of sp³-hybridized carbons (Fsp3) is 0.714. The molecule has 0 saturated carbocycles. The fourth-order valence-corrected chi connectivity index (χ4v) is 1.68. The predicted octanol–water partition coefficient (Wildman–Crippen LogP) is 1.36. The summed E-state index contributed by atoms with van der Waals surface area (Å²) >= 11 is 0. The summed E-state index contributed by atoms with van der Waals surface area (Å²) in [6, 6.07) is 0.468. The van der Waals surface area contributed by atoms with Gasteiger partial charge in [0.05, 0.1) is 18.1 Å². The van der Waals surface area contributed by atoms with Crippen LogP contribution in [-0.2, 0) is 6.54 Å². The summed E-state index contributed by atoms with van der Waals surface area (Å²) in [6.07, 6.45) is 4.84. The molecule has 0 saturated heterocycles. The number of nitrogens with zero attached hydrogens (tertiary/aromatic N) is 4. The molecule has 1 N–H and O–H groups in total. The second kappa shape index (κ2) is 8.07. The lowest BCUT2D eigenvalue weighted by Gasteiger charge is -2.19. The highest BCUT2D eigenvalue weighted by molar-refractivity contribution is 5.34. The molecule has 0 bridgehead atoms. The van der Waals surface area contributed by atoms with Crippen molar-refractivity contribution in [3.05, 3.63) is 18.1 Å². The zero-order chi connectivity index (χ0) is 14.3.